The Morgan fingerprint density at radius 3 is 2.83 bits per heavy atom. The van der Waals surface area contributed by atoms with Crippen molar-refractivity contribution in [1.29, 1.82) is 0 Å². The van der Waals surface area contributed by atoms with Gasteiger partial charge in [-0.1, -0.05) is 40.2 Å². The zero-order valence-electron chi connectivity index (χ0n) is 13.3. The summed E-state index contributed by atoms with van der Waals surface area (Å²) in [5.41, 5.74) is 11.5. The molecule has 0 amide bonds. The van der Waals surface area contributed by atoms with Gasteiger partial charge in [-0.05, 0) is 72.9 Å². The molecule has 0 radical (unpaired) electrons. The van der Waals surface area contributed by atoms with Gasteiger partial charge in [0.15, 0.2) is 0 Å². The summed E-state index contributed by atoms with van der Waals surface area (Å²) in [5.74, 6) is 0.700. The molecule has 23 heavy (non-hydrogen) atoms. The fraction of sp³-hybridized carbons (Fsp3) is 0.400. The average molecular weight is 371 g/mol. The van der Waals surface area contributed by atoms with E-state index in [4.69, 9.17) is 5.73 Å². The third kappa shape index (κ3) is 3.17. The molecular weight excluding hydrogens is 348 g/mol. The quantitative estimate of drug-likeness (QED) is 0.780. The van der Waals surface area contributed by atoms with Crippen LogP contribution in [0.2, 0.25) is 0 Å². The van der Waals surface area contributed by atoms with Crippen molar-refractivity contribution >= 4 is 21.6 Å². The first kappa shape index (κ1) is 15.2. The first-order valence-electron chi connectivity index (χ1n) is 8.56. The molecule has 0 aromatic heterocycles. The molecule has 120 valence electrons. The summed E-state index contributed by atoms with van der Waals surface area (Å²) in [5, 5.41) is 3.92. The maximum atomic E-state index is 6.24. The molecule has 5 rings (SSSR count). The highest BCUT2D eigenvalue weighted by atomic mass is 79.9. The second-order valence-corrected chi connectivity index (χ2v) is 7.95. The zero-order chi connectivity index (χ0) is 15.8. The third-order valence-corrected chi connectivity index (χ3v) is 5.98. The number of nitrogen functional groups attached to an aromatic ring is 1. The van der Waals surface area contributed by atoms with Crippen LogP contribution < -0.4 is 11.1 Å². The molecule has 3 aliphatic rings. The van der Waals surface area contributed by atoms with Crippen LogP contribution in [0.4, 0.5) is 5.69 Å². The number of hydrogen-bond donors (Lipinski definition) is 2. The van der Waals surface area contributed by atoms with Crippen molar-refractivity contribution in [2.75, 3.05) is 5.73 Å². The number of rotatable bonds is 2. The number of fused-ring (bicyclic) bond motifs is 2. The van der Waals surface area contributed by atoms with Crippen LogP contribution in [0.3, 0.4) is 0 Å². The third-order valence-electron chi connectivity index (χ3n) is 5.49. The summed E-state index contributed by atoms with van der Waals surface area (Å²) >= 11 is 3.59. The molecule has 2 heterocycles. The molecule has 3 unspecified atom stereocenters. The molecule has 3 atom stereocenters. The van der Waals surface area contributed by atoms with E-state index in [0.29, 0.717) is 18.0 Å². The summed E-state index contributed by atoms with van der Waals surface area (Å²) in [6.45, 7) is 0. The Morgan fingerprint density at radius 1 is 1.09 bits per heavy atom. The number of piperidine rings is 1. The van der Waals surface area contributed by atoms with Gasteiger partial charge in [-0.15, -0.1) is 0 Å². The molecular formula is C20H23BrN2. The number of anilines is 1. The minimum absolute atomic E-state index is 0.562. The van der Waals surface area contributed by atoms with Gasteiger partial charge in [0.1, 0.15) is 0 Å². The van der Waals surface area contributed by atoms with Gasteiger partial charge in [0.25, 0.3) is 0 Å². The van der Waals surface area contributed by atoms with Crippen LogP contribution in [0.1, 0.15) is 29.5 Å². The van der Waals surface area contributed by atoms with Gasteiger partial charge in [-0.3, -0.25) is 0 Å². The Balaban J connectivity index is 1.60. The van der Waals surface area contributed by atoms with Crippen molar-refractivity contribution in [3.8, 4) is 0 Å². The topological polar surface area (TPSA) is 38.0 Å². The first-order valence-corrected chi connectivity index (χ1v) is 9.35. The summed E-state index contributed by atoms with van der Waals surface area (Å²) < 4.78 is 1.17. The second-order valence-electron chi connectivity index (χ2n) is 7.03. The largest absolute Gasteiger partial charge is 0.398 e. The standard InChI is InChI=1S/C20H23BrN2/c21-16-5-1-3-13(9-16)10-20-15-7-8-17(23-20)12-18-14(11-15)4-2-6-19(18)22/h1-6,9,15,17,20,23H,7-8,10-12,22H2. The van der Waals surface area contributed by atoms with E-state index in [1.54, 1.807) is 0 Å². The number of halogens is 1. The summed E-state index contributed by atoms with van der Waals surface area (Å²) in [7, 11) is 0. The normalized spacial score (nSPS) is 26.4. The van der Waals surface area contributed by atoms with Crippen LogP contribution in [-0.4, -0.2) is 12.1 Å². The van der Waals surface area contributed by atoms with Crippen LogP contribution >= 0.6 is 15.9 Å². The van der Waals surface area contributed by atoms with Crippen molar-refractivity contribution < 1.29 is 0 Å². The molecule has 2 nitrogen and oxygen atoms in total. The van der Waals surface area contributed by atoms with E-state index in [9.17, 15) is 0 Å². The minimum Gasteiger partial charge on any atom is -0.398 e. The lowest BCUT2D eigenvalue weighted by Gasteiger charge is -2.41. The van der Waals surface area contributed by atoms with E-state index in [1.165, 1.54) is 34.0 Å². The lowest BCUT2D eigenvalue weighted by atomic mass is 9.75. The van der Waals surface area contributed by atoms with Gasteiger partial charge in [0.05, 0.1) is 0 Å². The van der Waals surface area contributed by atoms with Crippen LogP contribution in [0.5, 0.6) is 0 Å². The molecule has 2 aliphatic heterocycles. The van der Waals surface area contributed by atoms with Crippen molar-refractivity contribution in [2.45, 2.75) is 44.2 Å². The van der Waals surface area contributed by atoms with Gasteiger partial charge in [0, 0.05) is 22.2 Å². The van der Waals surface area contributed by atoms with Crippen molar-refractivity contribution in [1.82, 2.24) is 5.32 Å². The van der Waals surface area contributed by atoms with E-state index < -0.39 is 0 Å². The molecule has 1 aliphatic carbocycles. The van der Waals surface area contributed by atoms with Crippen molar-refractivity contribution in [3.05, 3.63) is 63.6 Å². The van der Waals surface area contributed by atoms with Gasteiger partial charge < -0.3 is 11.1 Å². The molecule has 1 saturated heterocycles. The second kappa shape index (κ2) is 6.29. The predicted octanol–water partition coefficient (Wildman–Crippen LogP) is 4.11. The van der Waals surface area contributed by atoms with Crippen molar-refractivity contribution in [2.24, 2.45) is 5.92 Å². The Kier molecular flexibility index (Phi) is 4.16. The molecule has 2 bridgehead atoms. The maximum absolute atomic E-state index is 6.24. The lowest BCUT2D eigenvalue weighted by Crippen LogP contribution is -2.51. The van der Waals surface area contributed by atoms with Gasteiger partial charge in [-0.2, -0.15) is 0 Å². The predicted molar refractivity (Wildman–Crippen MR) is 99.5 cm³/mol. The summed E-state index contributed by atoms with van der Waals surface area (Å²) in [6, 6.07) is 16.3. The molecule has 2 aromatic carbocycles. The molecule has 3 heteroatoms. The average Bonchev–Trinajstić information content (AvgIpc) is 2.50. The van der Waals surface area contributed by atoms with Gasteiger partial charge >= 0.3 is 0 Å². The Labute approximate surface area is 146 Å². The summed E-state index contributed by atoms with van der Waals surface area (Å²) in [6.07, 6.45) is 5.93. The van der Waals surface area contributed by atoms with E-state index in [1.807, 2.05) is 6.07 Å². The van der Waals surface area contributed by atoms with Crippen LogP contribution in [0.25, 0.3) is 0 Å². The Hall–Kier alpha value is -1.32. The summed E-state index contributed by atoms with van der Waals surface area (Å²) in [4.78, 5) is 0. The van der Waals surface area contributed by atoms with Gasteiger partial charge in [-0.25, -0.2) is 0 Å². The number of hydrogen-bond acceptors (Lipinski definition) is 2. The maximum Gasteiger partial charge on any atom is 0.0349 e. The molecule has 0 spiro atoms. The fourth-order valence-electron chi connectivity index (χ4n) is 4.31. The minimum atomic E-state index is 0.562. The van der Waals surface area contributed by atoms with Crippen LogP contribution in [-0.2, 0) is 19.3 Å². The van der Waals surface area contributed by atoms with Crippen molar-refractivity contribution in [3.63, 3.8) is 0 Å². The molecule has 1 fully saturated rings. The first-order chi connectivity index (χ1) is 11.2. The molecule has 3 N–H and O–H groups in total. The van der Waals surface area contributed by atoms with E-state index in [0.717, 1.165) is 24.9 Å². The lowest BCUT2D eigenvalue weighted by molar-refractivity contribution is 0.217. The molecule has 0 saturated carbocycles. The monoisotopic (exact) mass is 370 g/mol. The number of benzene rings is 2. The van der Waals surface area contributed by atoms with E-state index >= 15 is 0 Å². The van der Waals surface area contributed by atoms with Gasteiger partial charge in [0.2, 0.25) is 0 Å². The highest BCUT2D eigenvalue weighted by Crippen LogP contribution is 2.34. The number of nitrogens with two attached hydrogens (primary N) is 1. The number of nitrogens with one attached hydrogen (secondary N) is 1. The van der Waals surface area contributed by atoms with E-state index in [2.05, 4.69) is 57.6 Å². The Morgan fingerprint density at radius 2 is 1.96 bits per heavy atom. The Bertz CT molecular complexity index is 713. The highest BCUT2D eigenvalue weighted by molar-refractivity contribution is 9.10. The highest BCUT2D eigenvalue weighted by Gasteiger charge is 2.33. The SMILES string of the molecule is Nc1cccc2c1CC1CCC(C2)C(Cc2cccc(Br)c2)N1. The molecule has 2 aromatic rings. The smallest absolute Gasteiger partial charge is 0.0349 e. The van der Waals surface area contributed by atoms with E-state index in [-0.39, 0.29) is 0 Å². The zero-order valence-corrected chi connectivity index (χ0v) is 14.9. The fourth-order valence-corrected chi connectivity index (χ4v) is 4.76. The van der Waals surface area contributed by atoms with Crippen LogP contribution in [0.15, 0.2) is 46.9 Å². The van der Waals surface area contributed by atoms with Crippen LogP contribution in [0, 0.1) is 5.92 Å².